The molecule has 0 saturated carbocycles. The van der Waals surface area contributed by atoms with Gasteiger partial charge in [-0.25, -0.2) is 0 Å². The van der Waals surface area contributed by atoms with Crippen molar-refractivity contribution in [3.05, 3.63) is 60.8 Å². The number of carbonyl (C=O) groups excluding carboxylic acids is 1. The van der Waals surface area contributed by atoms with Crippen molar-refractivity contribution < 1.29 is 50.0 Å². The summed E-state index contributed by atoms with van der Waals surface area (Å²) < 4.78 is 11.1. The largest absolute Gasteiger partial charge is 0.394 e. The first-order chi connectivity index (χ1) is 35.7. The van der Waals surface area contributed by atoms with Crippen LogP contribution in [-0.4, -0.2) is 110 Å². The molecule has 9 atom stereocenters. The maximum atomic E-state index is 13.2. The first-order valence-corrected chi connectivity index (χ1v) is 30.2. The third-order valence-electron chi connectivity index (χ3n) is 14.2. The Hall–Kier alpha value is -2.19. The van der Waals surface area contributed by atoms with Gasteiger partial charge in [-0.15, -0.1) is 0 Å². The Labute approximate surface area is 446 Å². The van der Waals surface area contributed by atoms with Crippen molar-refractivity contribution in [2.75, 3.05) is 13.2 Å². The Kier molecular flexibility index (Phi) is 47.7. The first kappa shape index (κ1) is 68.8. The van der Waals surface area contributed by atoms with Crippen molar-refractivity contribution in [2.45, 2.75) is 313 Å². The lowest BCUT2D eigenvalue weighted by Crippen LogP contribution is -2.60. The number of ether oxygens (including phenoxy) is 2. The molecule has 0 aromatic carbocycles. The van der Waals surface area contributed by atoms with Crippen molar-refractivity contribution in [3.8, 4) is 0 Å². The van der Waals surface area contributed by atoms with E-state index in [1.54, 1.807) is 0 Å². The summed E-state index contributed by atoms with van der Waals surface area (Å²) in [6.07, 6.45) is 54.2. The molecule has 1 rings (SSSR count). The molecule has 1 aliphatic heterocycles. The van der Waals surface area contributed by atoms with Gasteiger partial charge in [0.05, 0.1) is 25.4 Å². The lowest BCUT2D eigenvalue weighted by molar-refractivity contribution is -0.303. The molecule has 11 heteroatoms. The highest BCUT2D eigenvalue weighted by atomic mass is 16.7. The number of carbonyl (C=O) groups is 1. The number of hydrogen-bond acceptors (Lipinski definition) is 10. The quantitative estimate of drug-likeness (QED) is 0.0215. The van der Waals surface area contributed by atoms with E-state index in [1.807, 2.05) is 0 Å². The Morgan fingerprint density at radius 1 is 0.479 bits per heavy atom. The van der Waals surface area contributed by atoms with Crippen LogP contribution in [0.3, 0.4) is 0 Å². The second-order valence-electron chi connectivity index (χ2n) is 21.0. The maximum Gasteiger partial charge on any atom is 0.249 e. The van der Waals surface area contributed by atoms with Gasteiger partial charge in [-0.05, 0) is 96.3 Å². The van der Waals surface area contributed by atoms with E-state index in [9.17, 15) is 40.5 Å². The van der Waals surface area contributed by atoms with E-state index >= 15 is 0 Å². The van der Waals surface area contributed by atoms with Crippen molar-refractivity contribution in [3.63, 3.8) is 0 Å². The summed E-state index contributed by atoms with van der Waals surface area (Å²) >= 11 is 0. The molecule has 1 amide bonds. The Balaban J connectivity index is 2.36. The second kappa shape index (κ2) is 50.6. The predicted octanol–water partition coefficient (Wildman–Crippen LogP) is 13.0. The summed E-state index contributed by atoms with van der Waals surface area (Å²) in [5.41, 5.74) is 0. The van der Waals surface area contributed by atoms with Gasteiger partial charge < -0.3 is 50.5 Å². The van der Waals surface area contributed by atoms with Crippen LogP contribution in [0.5, 0.6) is 0 Å². The highest BCUT2D eigenvalue weighted by Gasteiger charge is 2.44. The van der Waals surface area contributed by atoms with E-state index in [1.165, 1.54) is 141 Å². The van der Waals surface area contributed by atoms with Gasteiger partial charge in [-0.2, -0.15) is 0 Å². The highest BCUT2D eigenvalue weighted by Crippen LogP contribution is 2.23. The van der Waals surface area contributed by atoms with Crippen molar-refractivity contribution in [2.24, 2.45) is 0 Å². The molecule has 1 saturated heterocycles. The molecule has 11 nitrogen and oxygen atoms in total. The molecule has 1 aliphatic rings. The van der Waals surface area contributed by atoms with Crippen LogP contribution in [-0.2, 0) is 14.3 Å². The Morgan fingerprint density at radius 2 is 0.863 bits per heavy atom. The lowest BCUT2D eigenvalue weighted by Gasteiger charge is -2.40. The van der Waals surface area contributed by atoms with Crippen molar-refractivity contribution in [1.29, 1.82) is 0 Å². The van der Waals surface area contributed by atoms with E-state index in [2.05, 4.69) is 79.9 Å². The molecule has 0 radical (unpaired) electrons. The molecule has 426 valence electrons. The number of rotatable bonds is 51. The lowest BCUT2D eigenvalue weighted by atomic mass is 9.98. The molecule has 8 N–H and O–H groups in total. The third-order valence-corrected chi connectivity index (χ3v) is 14.2. The van der Waals surface area contributed by atoms with Gasteiger partial charge in [0, 0.05) is 0 Å². The number of unbranched alkanes of at least 4 members (excludes halogenated alkanes) is 29. The monoisotopic (exact) mass is 1030 g/mol. The smallest absolute Gasteiger partial charge is 0.249 e. The third kappa shape index (κ3) is 38.9. The molecule has 0 bridgehead atoms. The number of allylic oxidation sites excluding steroid dienone is 10. The Morgan fingerprint density at radius 3 is 1.30 bits per heavy atom. The number of aliphatic hydroxyl groups is 7. The van der Waals surface area contributed by atoms with Gasteiger partial charge >= 0.3 is 0 Å². The minimum Gasteiger partial charge on any atom is -0.394 e. The summed E-state index contributed by atoms with van der Waals surface area (Å²) in [6.45, 7) is 3.44. The van der Waals surface area contributed by atoms with Gasteiger partial charge in [0.25, 0.3) is 0 Å². The van der Waals surface area contributed by atoms with Gasteiger partial charge in [-0.1, -0.05) is 222 Å². The van der Waals surface area contributed by atoms with E-state index < -0.39 is 74.2 Å². The molecule has 1 fully saturated rings. The van der Waals surface area contributed by atoms with Crippen LogP contribution >= 0.6 is 0 Å². The maximum absolute atomic E-state index is 13.2. The first-order valence-electron chi connectivity index (χ1n) is 30.2. The van der Waals surface area contributed by atoms with E-state index in [0.29, 0.717) is 19.3 Å². The number of amides is 1. The predicted molar refractivity (Wildman–Crippen MR) is 302 cm³/mol. The van der Waals surface area contributed by atoms with Crippen LogP contribution in [0.15, 0.2) is 60.8 Å². The molecule has 0 aromatic rings. The van der Waals surface area contributed by atoms with Gasteiger partial charge in [0.1, 0.15) is 36.6 Å². The normalized spacial score (nSPS) is 20.4. The van der Waals surface area contributed by atoms with E-state index in [-0.39, 0.29) is 12.8 Å². The molecule has 0 spiro atoms. The van der Waals surface area contributed by atoms with E-state index in [4.69, 9.17) is 9.47 Å². The van der Waals surface area contributed by atoms with Crippen LogP contribution < -0.4 is 5.32 Å². The van der Waals surface area contributed by atoms with Crippen LogP contribution in [0, 0.1) is 0 Å². The fourth-order valence-electron chi connectivity index (χ4n) is 9.33. The average Bonchev–Trinajstić information content (AvgIpc) is 3.39. The van der Waals surface area contributed by atoms with Gasteiger partial charge in [-0.3, -0.25) is 4.79 Å². The summed E-state index contributed by atoms with van der Waals surface area (Å²) in [6, 6.07) is -1.20. The van der Waals surface area contributed by atoms with Crippen molar-refractivity contribution in [1.82, 2.24) is 5.32 Å². The number of hydrogen-bond donors (Lipinski definition) is 8. The molecule has 0 aliphatic carbocycles. The average molecular weight is 1030 g/mol. The zero-order valence-electron chi connectivity index (χ0n) is 46.6. The fourth-order valence-corrected chi connectivity index (χ4v) is 9.33. The summed E-state index contributed by atoms with van der Waals surface area (Å²) in [4.78, 5) is 13.2. The highest BCUT2D eigenvalue weighted by molar-refractivity contribution is 5.80. The zero-order valence-corrected chi connectivity index (χ0v) is 46.6. The summed E-state index contributed by atoms with van der Waals surface area (Å²) in [5, 5.41) is 76.2. The molecule has 0 aromatic heterocycles. The Bertz CT molecular complexity index is 1370. The van der Waals surface area contributed by atoms with Crippen LogP contribution in [0.25, 0.3) is 0 Å². The zero-order chi connectivity index (χ0) is 53.3. The molecular weight excluding hydrogens is 919 g/mol. The topological polar surface area (TPSA) is 189 Å². The molecule has 1 heterocycles. The van der Waals surface area contributed by atoms with E-state index in [0.717, 1.165) is 70.6 Å². The molecule has 9 unspecified atom stereocenters. The summed E-state index contributed by atoms with van der Waals surface area (Å²) in [7, 11) is 0. The second-order valence-corrected chi connectivity index (χ2v) is 21.0. The minimum absolute atomic E-state index is 0.235. The summed E-state index contributed by atoms with van der Waals surface area (Å²) in [5.74, 6) is -0.720. The van der Waals surface area contributed by atoms with Crippen LogP contribution in [0.4, 0.5) is 0 Å². The van der Waals surface area contributed by atoms with Crippen LogP contribution in [0.2, 0.25) is 0 Å². The van der Waals surface area contributed by atoms with Gasteiger partial charge in [0.15, 0.2) is 6.29 Å². The molecule has 73 heavy (non-hydrogen) atoms. The SMILES string of the molecule is CCCCCCCCCCC/C=C\C/C=C\CCCCCCCCC(O)C(=O)NC(COC1OC(CO)C(O)C(O)C1O)C(O)C(O)CCC/C=C/CC/C=C/CC/C=C/CCCCCCCCCCCCC. The van der Waals surface area contributed by atoms with Crippen molar-refractivity contribution >= 4 is 5.91 Å². The minimum atomic E-state index is -1.68. The van der Waals surface area contributed by atoms with Crippen LogP contribution in [0.1, 0.15) is 258 Å². The number of nitrogens with one attached hydrogen (secondary N) is 1. The van der Waals surface area contributed by atoms with Gasteiger partial charge in [0.2, 0.25) is 5.91 Å². The fraction of sp³-hybridized carbons (Fsp3) is 0.823. The number of aliphatic hydroxyl groups excluding tert-OH is 7. The molecular formula is C62H113NO10. The standard InChI is InChI=1S/C62H113NO10/c1-3-5-7-9-11-13-15-17-19-21-23-25-27-28-30-31-33-35-37-39-41-43-45-47-49-54(65)57(67)53(52-72-62-60(70)59(69)58(68)56(51-64)73-62)63-61(71)55(66)50-48-46-44-42-40-38-36-34-32-29-26-24-22-20-18-16-14-12-10-8-6-4-2/h24,26-28,32-35,41,43,53-60,62,64-70H,3-23,25,29-31,36-40,42,44-52H2,1-2H3,(H,63,71)/b26-24-,28-27+,34-32-,35-33+,43-41+.